The topological polar surface area (TPSA) is 77.2 Å². The van der Waals surface area contributed by atoms with Gasteiger partial charge < -0.3 is 14.6 Å². The lowest BCUT2D eigenvalue weighted by molar-refractivity contribution is -0.118. The maximum atomic E-state index is 12.0. The van der Waals surface area contributed by atoms with Crippen LogP contribution in [0.3, 0.4) is 0 Å². The fourth-order valence-electron chi connectivity index (χ4n) is 2.28. The van der Waals surface area contributed by atoms with Gasteiger partial charge in [0.1, 0.15) is 5.75 Å². The van der Waals surface area contributed by atoms with Crippen LogP contribution in [0.5, 0.6) is 5.75 Å². The van der Waals surface area contributed by atoms with Crippen LogP contribution in [0.25, 0.3) is 11.5 Å². The summed E-state index contributed by atoms with van der Waals surface area (Å²) in [5.41, 5.74) is 2.65. The molecule has 0 aliphatic rings. The Morgan fingerprint density at radius 3 is 2.68 bits per heavy atom. The van der Waals surface area contributed by atoms with Crippen molar-refractivity contribution in [2.45, 2.75) is 20.3 Å². The van der Waals surface area contributed by atoms with Crippen LogP contribution >= 0.6 is 0 Å². The van der Waals surface area contributed by atoms with Gasteiger partial charge in [0.2, 0.25) is 0 Å². The van der Waals surface area contributed by atoms with Crippen LogP contribution < -0.4 is 10.1 Å². The van der Waals surface area contributed by atoms with Crippen LogP contribution in [0.1, 0.15) is 18.3 Å². The number of ether oxygens (including phenoxy) is 1. The predicted octanol–water partition coefficient (Wildman–Crippen LogP) is 3.62. The molecular formula is C19H19N3O3. The van der Waals surface area contributed by atoms with Crippen LogP contribution in [0.2, 0.25) is 0 Å². The first-order valence-corrected chi connectivity index (χ1v) is 8.06. The molecule has 6 nitrogen and oxygen atoms in total. The summed E-state index contributed by atoms with van der Waals surface area (Å²) in [5.74, 6) is 1.53. The van der Waals surface area contributed by atoms with Crippen molar-refractivity contribution in [1.29, 1.82) is 0 Å². The van der Waals surface area contributed by atoms with Crippen molar-refractivity contribution in [3.63, 3.8) is 0 Å². The number of nitrogens with zero attached hydrogens (tertiary/aromatic N) is 2. The Morgan fingerprint density at radius 1 is 1.20 bits per heavy atom. The monoisotopic (exact) mass is 337 g/mol. The number of anilines is 1. The highest BCUT2D eigenvalue weighted by Crippen LogP contribution is 2.21. The molecule has 1 amide bonds. The minimum atomic E-state index is -0.209. The van der Waals surface area contributed by atoms with E-state index in [1.54, 1.807) is 12.1 Å². The van der Waals surface area contributed by atoms with Crippen molar-refractivity contribution < 1.29 is 14.1 Å². The average molecular weight is 337 g/mol. The van der Waals surface area contributed by atoms with Gasteiger partial charge in [-0.2, -0.15) is 4.98 Å². The number of rotatable bonds is 6. The quantitative estimate of drug-likeness (QED) is 0.743. The number of benzene rings is 2. The third kappa shape index (κ3) is 4.44. The maximum Gasteiger partial charge on any atom is 0.262 e. The van der Waals surface area contributed by atoms with Gasteiger partial charge in [0.25, 0.3) is 11.8 Å². The van der Waals surface area contributed by atoms with Gasteiger partial charge in [-0.05, 0) is 48.9 Å². The zero-order valence-corrected chi connectivity index (χ0v) is 14.2. The van der Waals surface area contributed by atoms with Crippen LogP contribution in [-0.2, 0) is 11.2 Å². The Hall–Kier alpha value is -3.15. The minimum absolute atomic E-state index is 0.0617. The molecule has 25 heavy (non-hydrogen) atoms. The lowest BCUT2D eigenvalue weighted by Gasteiger charge is -2.08. The smallest absolute Gasteiger partial charge is 0.262 e. The Bertz CT molecular complexity index is 856. The van der Waals surface area contributed by atoms with Crippen molar-refractivity contribution in [1.82, 2.24) is 10.1 Å². The number of hydrogen-bond acceptors (Lipinski definition) is 5. The average Bonchev–Trinajstić information content (AvgIpc) is 3.10. The molecule has 0 aliphatic carbocycles. The second kappa shape index (κ2) is 7.61. The van der Waals surface area contributed by atoms with Gasteiger partial charge in [0.05, 0.1) is 0 Å². The van der Waals surface area contributed by atoms with E-state index >= 15 is 0 Å². The molecule has 0 bridgehead atoms. The van der Waals surface area contributed by atoms with Crippen LogP contribution in [0.15, 0.2) is 53.1 Å². The van der Waals surface area contributed by atoms with E-state index in [0.717, 1.165) is 23.2 Å². The second-order valence-corrected chi connectivity index (χ2v) is 5.60. The third-order valence-corrected chi connectivity index (χ3v) is 3.56. The van der Waals surface area contributed by atoms with E-state index in [-0.39, 0.29) is 12.5 Å². The highest BCUT2D eigenvalue weighted by atomic mass is 16.5. The van der Waals surface area contributed by atoms with Gasteiger partial charge in [-0.25, -0.2) is 0 Å². The van der Waals surface area contributed by atoms with E-state index < -0.39 is 0 Å². The Labute approximate surface area is 145 Å². The van der Waals surface area contributed by atoms with E-state index in [1.165, 1.54) is 0 Å². The van der Waals surface area contributed by atoms with Crippen molar-refractivity contribution in [3.8, 4) is 17.2 Å². The molecule has 6 heteroatoms. The molecule has 0 radical (unpaired) electrons. The number of aryl methyl sites for hydroxylation is 2. The van der Waals surface area contributed by atoms with E-state index in [2.05, 4.69) is 15.5 Å². The first kappa shape index (κ1) is 16.7. The standard InChI is InChI=1S/C19H19N3O3/c1-3-17-21-19(25-22-17)14-7-9-16(10-8-14)24-12-18(23)20-15-6-4-5-13(2)11-15/h4-11H,3,12H2,1-2H3,(H,20,23). The zero-order chi connectivity index (χ0) is 17.6. The van der Waals surface area contributed by atoms with E-state index in [4.69, 9.17) is 9.26 Å². The maximum absolute atomic E-state index is 12.0. The Kier molecular flexibility index (Phi) is 5.09. The number of aromatic nitrogens is 2. The lowest BCUT2D eigenvalue weighted by atomic mass is 10.2. The first-order chi connectivity index (χ1) is 12.1. The summed E-state index contributed by atoms with van der Waals surface area (Å²) in [7, 11) is 0. The molecule has 0 fully saturated rings. The molecular weight excluding hydrogens is 318 g/mol. The van der Waals surface area contributed by atoms with Crippen LogP contribution in [0.4, 0.5) is 5.69 Å². The molecule has 0 unspecified atom stereocenters. The minimum Gasteiger partial charge on any atom is -0.484 e. The number of hydrogen-bond donors (Lipinski definition) is 1. The molecule has 0 spiro atoms. The van der Waals surface area contributed by atoms with Gasteiger partial charge in [-0.15, -0.1) is 0 Å². The van der Waals surface area contributed by atoms with Gasteiger partial charge >= 0.3 is 0 Å². The zero-order valence-electron chi connectivity index (χ0n) is 14.2. The molecule has 0 atom stereocenters. The van der Waals surface area contributed by atoms with Crippen LogP contribution in [0, 0.1) is 6.92 Å². The Balaban J connectivity index is 1.55. The summed E-state index contributed by atoms with van der Waals surface area (Å²) in [6, 6.07) is 14.8. The largest absolute Gasteiger partial charge is 0.484 e. The predicted molar refractivity (Wildman–Crippen MR) is 94.4 cm³/mol. The molecule has 1 heterocycles. The number of carbonyl (C=O) groups is 1. The van der Waals surface area contributed by atoms with Gasteiger partial charge in [0.15, 0.2) is 12.4 Å². The fraction of sp³-hybridized carbons (Fsp3) is 0.211. The molecule has 1 aromatic heterocycles. The summed E-state index contributed by atoms with van der Waals surface area (Å²) in [5, 5.41) is 6.67. The highest BCUT2D eigenvalue weighted by Gasteiger charge is 2.08. The van der Waals surface area contributed by atoms with Crippen molar-refractivity contribution in [2.75, 3.05) is 11.9 Å². The number of amides is 1. The van der Waals surface area contributed by atoms with Crippen molar-refractivity contribution in [2.24, 2.45) is 0 Å². The molecule has 1 N–H and O–H groups in total. The normalized spacial score (nSPS) is 10.5. The second-order valence-electron chi connectivity index (χ2n) is 5.60. The molecule has 0 saturated carbocycles. The number of carbonyl (C=O) groups excluding carboxylic acids is 1. The first-order valence-electron chi connectivity index (χ1n) is 8.06. The molecule has 128 valence electrons. The summed E-state index contributed by atoms with van der Waals surface area (Å²) in [4.78, 5) is 16.2. The lowest BCUT2D eigenvalue weighted by Crippen LogP contribution is -2.20. The van der Waals surface area contributed by atoms with Gasteiger partial charge in [0, 0.05) is 17.7 Å². The highest BCUT2D eigenvalue weighted by molar-refractivity contribution is 5.91. The van der Waals surface area contributed by atoms with E-state index in [1.807, 2.05) is 50.2 Å². The van der Waals surface area contributed by atoms with Crippen molar-refractivity contribution >= 4 is 11.6 Å². The summed E-state index contributed by atoms with van der Waals surface area (Å²) >= 11 is 0. The molecule has 2 aromatic carbocycles. The molecule has 0 aliphatic heterocycles. The van der Waals surface area contributed by atoms with E-state index in [9.17, 15) is 4.79 Å². The molecule has 3 rings (SSSR count). The molecule has 0 saturated heterocycles. The van der Waals surface area contributed by atoms with E-state index in [0.29, 0.717) is 17.5 Å². The number of nitrogens with one attached hydrogen (secondary N) is 1. The summed E-state index contributed by atoms with van der Waals surface area (Å²) in [6.45, 7) is 3.88. The molecule has 3 aromatic rings. The fourth-order valence-corrected chi connectivity index (χ4v) is 2.28. The summed E-state index contributed by atoms with van der Waals surface area (Å²) < 4.78 is 10.7. The van der Waals surface area contributed by atoms with Gasteiger partial charge in [-0.3, -0.25) is 4.79 Å². The van der Waals surface area contributed by atoms with Crippen molar-refractivity contribution in [3.05, 3.63) is 59.9 Å². The SMILES string of the molecule is CCc1noc(-c2ccc(OCC(=O)Nc3cccc(C)c3)cc2)n1. The Morgan fingerprint density at radius 2 is 2.00 bits per heavy atom. The summed E-state index contributed by atoms with van der Waals surface area (Å²) in [6.07, 6.45) is 0.723. The van der Waals surface area contributed by atoms with Gasteiger partial charge in [-0.1, -0.05) is 24.2 Å². The third-order valence-electron chi connectivity index (χ3n) is 3.56. The van der Waals surface area contributed by atoms with Crippen LogP contribution in [-0.4, -0.2) is 22.7 Å².